The Balaban J connectivity index is 1.77. The third-order valence-electron chi connectivity index (χ3n) is 4.16. The quantitative estimate of drug-likeness (QED) is 0.479. The first-order valence-electron chi connectivity index (χ1n) is 8.50. The van der Waals surface area contributed by atoms with E-state index in [4.69, 9.17) is 0 Å². The Bertz CT molecular complexity index is 1040. The second kappa shape index (κ2) is 8.10. The van der Waals surface area contributed by atoms with E-state index in [1.54, 1.807) is 19.3 Å². The number of nitrogens with zero attached hydrogens (tertiary/aromatic N) is 2. The molecule has 0 aliphatic heterocycles. The Morgan fingerprint density at radius 2 is 1.89 bits per heavy atom. The minimum Gasteiger partial charge on any atom is -0.323 e. The number of hydrogen-bond acceptors (Lipinski definition) is 3. The fourth-order valence-electron chi connectivity index (χ4n) is 2.70. The van der Waals surface area contributed by atoms with Crippen molar-refractivity contribution in [1.82, 2.24) is 9.55 Å². The fraction of sp³-hybridized carbons (Fsp3) is 0.200. The van der Waals surface area contributed by atoms with Gasteiger partial charge < -0.3 is 5.32 Å². The number of aromatic nitrogens is 2. The van der Waals surface area contributed by atoms with Crippen molar-refractivity contribution in [3.8, 4) is 5.69 Å². The van der Waals surface area contributed by atoms with Gasteiger partial charge in [0.2, 0.25) is 5.91 Å². The zero-order valence-corrected chi connectivity index (χ0v) is 16.3. The zero-order valence-electron chi connectivity index (χ0n) is 15.5. The average Bonchev–Trinajstić information content (AvgIpc) is 3.10. The van der Waals surface area contributed by atoms with Gasteiger partial charge in [-0.1, -0.05) is 29.5 Å². The van der Waals surface area contributed by atoms with E-state index in [0.29, 0.717) is 5.16 Å². The molecule has 146 valence electrons. The number of aryl methyl sites for hydroxylation is 2. The standard InChI is InChI=1S/C20H18F3N3OS/c1-11-4-7-16(12(2)10-11)26-9-8-24-20(26)28-13(3)19(27)25-15-6-5-14(21)17(22)18(15)23/h4-10,13H,1-3H3,(H,25,27)/t13-/m0/s1. The summed E-state index contributed by atoms with van der Waals surface area (Å²) < 4.78 is 42.0. The van der Waals surface area contributed by atoms with Gasteiger partial charge in [-0.3, -0.25) is 9.36 Å². The van der Waals surface area contributed by atoms with Gasteiger partial charge in [-0.25, -0.2) is 18.2 Å². The number of amides is 1. The maximum atomic E-state index is 13.8. The molecule has 1 heterocycles. The summed E-state index contributed by atoms with van der Waals surface area (Å²) in [6.07, 6.45) is 3.42. The number of rotatable bonds is 5. The zero-order chi connectivity index (χ0) is 20.4. The predicted molar refractivity (Wildman–Crippen MR) is 103 cm³/mol. The Kier molecular flexibility index (Phi) is 5.79. The molecule has 0 spiro atoms. The summed E-state index contributed by atoms with van der Waals surface area (Å²) >= 11 is 1.17. The molecule has 3 rings (SSSR count). The van der Waals surface area contributed by atoms with E-state index in [9.17, 15) is 18.0 Å². The van der Waals surface area contributed by atoms with Gasteiger partial charge in [0.1, 0.15) is 0 Å². The van der Waals surface area contributed by atoms with Crippen molar-refractivity contribution in [3.63, 3.8) is 0 Å². The summed E-state index contributed by atoms with van der Waals surface area (Å²) in [5.41, 5.74) is 2.72. The number of imidazole rings is 1. The second-order valence-corrected chi connectivity index (χ2v) is 7.65. The van der Waals surface area contributed by atoms with Gasteiger partial charge in [0, 0.05) is 12.4 Å². The van der Waals surface area contributed by atoms with Crippen LogP contribution in [0.5, 0.6) is 0 Å². The minimum atomic E-state index is -1.62. The van der Waals surface area contributed by atoms with Crippen LogP contribution in [0.2, 0.25) is 0 Å². The van der Waals surface area contributed by atoms with Crippen molar-refractivity contribution in [1.29, 1.82) is 0 Å². The van der Waals surface area contributed by atoms with Crippen LogP contribution in [-0.2, 0) is 4.79 Å². The maximum Gasteiger partial charge on any atom is 0.237 e. The van der Waals surface area contributed by atoms with Gasteiger partial charge in [-0.05, 0) is 44.5 Å². The molecule has 1 atom stereocenters. The summed E-state index contributed by atoms with van der Waals surface area (Å²) in [6, 6.07) is 7.75. The van der Waals surface area contributed by atoms with Gasteiger partial charge in [-0.15, -0.1) is 0 Å². The highest BCUT2D eigenvalue weighted by Crippen LogP contribution is 2.28. The molecule has 0 aliphatic carbocycles. The Morgan fingerprint density at radius 1 is 1.14 bits per heavy atom. The van der Waals surface area contributed by atoms with Crippen LogP contribution in [0.1, 0.15) is 18.1 Å². The largest absolute Gasteiger partial charge is 0.323 e. The smallest absolute Gasteiger partial charge is 0.237 e. The third kappa shape index (κ3) is 4.06. The Morgan fingerprint density at radius 3 is 2.61 bits per heavy atom. The van der Waals surface area contributed by atoms with Crippen molar-refractivity contribution in [2.45, 2.75) is 31.2 Å². The SMILES string of the molecule is Cc1ccc(-n2ccnc2S[C@@H](C)C(=O)Nc2ccc(F)c(F)c2F)c(C)c1. The number of carbonyl (C=O) groups is 1. The normalized spacial score (nSPS) is 12.1. The summed E-state index contributed by atoms with van der Waals surface area (Å²) in [6.45, 7) is 5.61. The first-order valence-corrected chi connectivity index (χ1v) is 9.38. The number of anilines is 1. The number of carbonyl (C=O) groups excluding carboxylic acids is 1. The molecule has 0 saturated heterocycles. The number of thioether (sulfide) groups is 1. The molecule has 1 amide bonds. The lowest BCUT2D eigenvalue weighted by Gasteiger charge is -2.15. The van der Waals surface area contributed by atoms with Crippen LogP contribution in [0.25, 0.3) is 5.69 Å². The predicted octanol–water partition coefficient (Wildman–Crippen LogP) is 5.03. The summed E-state index contributed by atoms with van der Waals surface area (Å²) in [7, 11) is 0. The van der Waals surface area contributed by atoms with E-state index in [0.717, 1.165) is 28.9 Å². The van der Waals surface area contributed by atoms with E-state index in [1.807, 2.05) is 36.6 Å². The topological polar surface area (TPSA) is 46.9 Å². The van der Waals surface area contributed by atoms with E-state index < -0.39 is 34.3 Å². The molecule has 0 aliphatic rings. The molecule has 0 unspecified atom stereocenters. The molecule has 0 bridgehead atoms. The monoisotopic (exact) mass is 405 g/mol. The molecule has 2 aromatic carbocycles. The minimum absolute atomic E-state index is 0.408. The molecular weight excluding hydrogens is 387 g/mol. The van der Waals surface area contributed by atoms with Crippen LogP contribution < -0.4 is 5.32 Å². The number of hydrogen-bond donors (Lipinski definition) is 1. The maximum absolute atomic E-state index is 13.8. The Hall–Kier alpha value is -2.74. The van der Waals surface area contributed by atoms with Crippen LogP contribution in [0.3, 0.4) is 0 Å². The second-order valence-electron chi connectivity index (χ2n) is 6.34. The highest BCUT2D eigenvalue weighted by atomic mass is 32.2. The van der Waals surface area contributed by atoms with Crippen LogP contribution in [0.15, 0.2) is 47.9 Å². The number of halogens is 3. The third-order valence-corrected chi connectivity index (χ3v) is 5.24. The molecule has 1 N–H and O–H groups in total. The van der Waals surface area contributed by atoms with Crippen molar-refractivity contribution >= 4 is 23.4 Å². The fourth-order valence-corrected chi connectivity index (χ4v) is 3.58. The summed E-state index contributed by atoms with van der Waals surface area (Å²) in [5.74, 6) is -4.91. The highest BCUT2D eigenvalue weighted by Gasteiger charge is 2.21. The van der Waals surface area contributed by atoms with Crippen LogP contribution in [-0.4, -0.2) is 20.7 Å². The van der Waals surface area contributed by atoms with Gasteiger partial charge >= 0.3 is 0 Å². The van der Waals surface area contributed by atoms with Crippen molar-refractivity contribution in [2.24, 2.45) is 0 Å². The van der Waals surface area contributed by atoms with Crippen LogP contribution >= 0.6 is 11.8 Å². The molecule has 4 nitrogen and oxygen atoms in total. The summed E-state index contributed by atoms with van der Waals surface area (Å²) in [4.78, 5) is 16.7. The molecule has 1 aromatic heterocycles. The van der Waals surface area contributed by atoms with Gasteiger partial charge in [0.15, 0.2) is 22.6 Å². The van der Waals surface area contributed by atoms with Gasteiger partial charge in [-0.2, -0.15) is 0 Å². The lowest BCUT2D eigenvalue weighted by atomic mass is 10.1. The molecule has 0 radical (unpaired) electrons. The lowest BCUT2D eigenvalue weighted by Crippen LogP contribution is -2.23. The van der Waals surface area contributed by atoms with Gasteiger partial charge in [0.05, 0.1) is 16.6 Å². The molecule has 3 aromatic rings. The first-order chi connectivity index (χ1) is 13.3. The molecular formula is C20H18F3N3OS. The van der Waals surface area contributed by atoms with Crippen LogP contribution in [0.4, 0.5) is 18.9 Å². The number of nitrogens with one attached hydrogen (secondary N) is 1. The first kappa shape index (κ1) is 20.0. The number of benzene rings is 2. The van der Waals surface area contributed by atoms with E-state index >= 15 is 0 Å². The van der Waals surface area contributed by atoms with E-state index in [-0.39, 0.29) is 0 Å². The van der Waals surface area contributed by atoms with Crippen molar-refractivity contribution < 1.29 is 18.0 Å². The Labute approximate surface area is 164 Å². The van der Waals surface area contributed by atoms with Crippen LogP contribution in [0, 0.1) is 31.3 Å². The highest BCUT2D eigenvalue weighted by molar-refractivity contribution is 8.00. The molecule has 0 saturated carbocycles. The van der Waals surface area contributed by atoms with Gasteiger partial charge in [0.25, 0.3) is 0 Å². The van der Waals surface area contributed by atoms with Crippen molar-refractivity contribution in [2.75, 3.05) is 5.32 Å². The molecule has 28 heavy (non-hydrogen) atoms. The molecule has 8 heteroatoms. The van der Waals surface area contributed by atoms with E-state index in [1.165, 1.54) is 11.8 Å². The lowest BCUT2D eigenvalue weighted by molar-refractivity contribution is -0.115. The van der Waals surface area contributed by atoms with E-state index in [2.05, 4.69) is 10.3 Å². The average molecular weight is 405 g/mol. The van der Waals surface area contributed by atoms with Crippen molar-refractivity contribution in [3.05, 3.63) is 71.3 Å². The molecule has 0 fully saturated rings. The summed E-state index contributed by atoms with van der Waals surface area (Å²) in [5, 5.41) is 2.22.